The molecule has 0 bridgehead atoms. The summed E-state index contributed by atoms with van der Waals surface area (Å²) in [6.45, 7) is 0.160. The molecule has 2 aromatic carbocycles. The smallest absolute Gasteiger partial charge is 0.417 e. The van der Waals surface area contributed by atoms with Crippen LogP contribution in [0.15, 0.2) is 35.1 Å². The summed E-state index contributed by atoms with van der Waals surface area (Å²) in [5, 5.41) is 2.12. The Labute approximate surface area is 278 Å². The first-order valence-electron chi connectivity index (χ1n) is 15.1. The summed E-state index contributed by atoms with van der Waals surface area (Å²) >= 11 is 0. The largest absolute Gasteiger partial charge is 0.493 e. The van der Waals surface area contributed by atoms with Crippen LogP contribution in [-0.2, 0) is 40.4 Å². The molecule has 2 aliphatic heterocycles. The number of aryl methyl sites for hydroxylation is 1. The van der Waals surface area contributed by atoms with Gasteiger partial charge in [-0.05, 0) is 49.1 Å². The Morgan fingerprint density at radius 2 is 1.76 bits per heavy atom. The molecule has 1 fully saturated rings. The quantitative estimate of drug-likeness (QED) is 0.270. The van der Waals surface area contributed by atoms with Gasteiger partial charge in [-0.15, -0.1) is 0 Å². The number of hydrogen-bond acceptors (Lipinski definition) is 8. The van der Waals surface area contributed by atoms with Crippen LogP contribution in [0.1, 0.15) is 39.2 Å². The second-order valence-corrected chi connectivity index (χ2v) is 11.7. The number of nitrogens with two attached hydrogens (primary N) is 1. The van der Waals surface area contributed by atoms with E-state index in [1.165, 1.54) is 26.1 Å². The lowest BCUT2D eigenvalue weighted by Gasteiger charge is -2.38. The Balaban J connectivity index is 1.49. The monoisotopic (exact) mass is 718 g/mol. The molecule has 0 radical (unpaired) electrons. The number of carbonyl (C=O) groups is 2. The van der Waals surface area contributed by atoms with Gasteiger partial charge < -0.3 is 29.1 Å². The topological polar surface area (TPSA) is 125 Å². The van der Waals surface area contributed by atoms with E-state index in [1.807, 2.05) is 0 Å². The highest BCUT2D eigenvalue weighted by atomic mass is 19.4. The molecule has 3 heterocycles. The zero-order valence-electron chi connectivity index (χ0n) is 26.4. The number of hydrogen-bond donors (Lipinski definition) is 2. The minimum absolute atomic E-state index is 0.0562. The van der Waals surface area contributed by atoms with Crippen molar-refractivity contribution < 1.29 is 59.0 Å². The van der Waals surface area contributed by atoms with E-state index in [2.05, 4.69) is 10.2 Å². The number of nitrogens with zero attached hydrogens (tertiary/aromatic N) is 2. The predicted octanol–water partition coefficient (Wildman–Crippen LogP) is 4.51. The summed E-state index contributed by atoms with van der Waals surface area (Å²) in [4.78, 5) is 44.0. The van der Waals surface area contributed by atoms with Gasteiger partial charge in [-0.3, -0.25) is 9.59 Å². The lowest BCUT2D eigenvalue weighted by atomic mass is 9.89. The summed E-state index contributed by atoms with van der Waals surface area (Å²) in [6, 6.07) is 0.545. The van der Waals surface area contributed by atoms with Gasteiger partial charge >= 0.3 is 18.3 Å². The van der Waals surface area contributed by atoms with Crippen LogP contribution in [-0.4, -0.2) is 61.1 Å². The number of aromatic nitrogens is 1. The van der Waals surface area contributed by atoms with Crippen molar-refractivity contribution in [2.24, 2.45) is 12.9 Å². The molecule has 50 heavy (non-hydrogen) atoms. The number of morpholine rings is 1. The van der Waals surface area contributed by atoms with Crippen LogP contribution in [0.4, 0.5) is 40.8 Å². The second-order valence-electron chi connectivity index (χ2n) is 11.7. The summed E-state index contributed by atoms with van der Waals surface area (Å²) < 4.78 is 125. The van der Waals surface area contributed by atoms with E-state index in [4.69, 9.17) is 15.4 Å². The molecule has 2 aliphatic rings. The van der Waals surface area contributed by atoms with Gasteiger partial charge in [-0.2, -0.15) is 32.2 Å². The predicted molar refractivity (Wildman–Crippen MR) is 160 cm³/mol. The highest BCUT2D eigenvalue weighted by Gasteiger charge is 2.46. The number of benzene rings is 2. The van der Waals surface area contributed by atoms with Crippen molar-refractivity contribution >= 4 is 17.6 Å². The van der Waals surface area contributed by atoms with E-state index in [-0.39, 0.29) is 48.7 Å². The molecule has 5 rings (SSSR count). The number of alkyl halides is 6. The first kappa shape index (κ1) is 36.6. The molecule has 1 aromatic heterocycles. The molecule has 270 valence electrons. The fraction of sp³-hybridized carbons (Fsp3) is 0.406. The van der Waals surface area contributed by atoms with Crippen molar-refractivity contribution in [3.63, 3.8) is 0 Å². The van der Waals surface area contributed by atoms with Crippen LogP contribution in [0.2, 0.25) is 0 Å². The minimum Gasteiger partial charge on any atom is -0.493 e. The average molecular weight is 719 g/mol. The fourth-order valence-corrected chi connectivity index (χ4v) is 6.08. The maximum atomic E-state index is 15.2. The molecule has 1 amide bonds. The zero-order chi connectivity index (χ0) is 36.7. The van der Waals surface area contributed by atoms with Gasteiger partial charge in [0.1, 0.15) is 35.0 Å². The summed E-state index contributed by atoms with van der Waals surface area (Å²) in [6.07, 6.45) is -9.54. The van der Waals surface area contributed by atoms with E-state index in [0.717, 1.165) is 10.6 Å². The minimum atomic E-state index is -4.90. The van der Waals surface area contributed by atoms with Crippen molar-refractivity contribution in [1.29, 1.82) is 0 Å². The third-order valence-corrected chi connectivity index (χ3v) is 8.64. The van der Waals surface area contributed by atoms with E-state index in [0.29, 0.717) is 29.0 Å². The lowest BCUT2D eigenvalue weighted by molar-refractivity contribution is -0.167. The Morgan fingerprint density at radius 3 is 2.38 bits per heavy atom. The number of nitrogens with one attached hydrogen (secondary N) is 1. The Hall–Kier alpha value is -4.71. The van der Waals surface area contributed by atoms with Crippen molar-refractivity contribution in [3.05, 3.63) is 80.3 Å². The molecule has 10 nitrogen and oxygen atoms in total. The van der Waals surface area contributed by atoms with Crippen LogP contribution < -0.4 is 26.4 Å². The SMILES string of the molecule is Cc1cc(C(F)(F)F)c(-c2ccc(C[C@H](NC(=O)c3c(F)cc(N4CCOC[C@@H]4C(F)(F)F)cc3F)C(=O)ON)c3c2OCCC3)c(=O)n1C. The standard InChI is InChI=1S/C32H30F8N4O6/c1-15-10-20(31(35,36)37)25(29(46)43(15)2)19-6-5-16(18-4-3-8-49-27(18)19)11-23(30(47)50-41)42-28(45)26-21(33)12-17(13-22(26)34)44-7-9-48-14-24(44)32(38,39)40/h5-6,10,12-13,23-24H,3-4,7-9,11,14,41H2,1-2H3,(H,42,45)/t23-,24+/m0/s1. The number of amides is 1. The van der Waals surface area contributed by atoms with E-state index < -0.39 is 88.9 Å². The number of rotatable bonds is 7. The molecule has 3 aromatic rings. The fourth-order valence-electron chi connectivity index (χ4n) is 6.08. The summed E-state index contributed by atoms with van der Waals surface area (Å²) in [7, 11) is 1.32. The van der Waals surface area contributed by atoms with Gasteiger partial charge in [-0.25, -0.2) is 13.6 Å². The number of carbonyl (C=O) groups excluding carboxylic acids is 2. The molecule has 18 heteroatoms. The highest BCUT2D eigenvalue weighted by molar-refractivity contribution is 5.97. The maximum absolute atomic E-state index is 15.2. The van der Waals surface area contributed by atoms with Crippen LogP contribution in [0.3, 0.4) is 0 Å². The maximum Gasteiger partial charge on any atom is 0.417 e. The molecule has 0 aliphatic carbocycles. The molecule has 0 saturated carbocycles. The molecule has 2 atom stereocenters. The van der Waals surface area contributed by atoms with Gasteiger partial charge in [0.15, 0.2) is 0 Å². The van der Waals surface area contributed by atoms with Crippen molar-refractivity contribution in [1.82, 2.24) is 9.88 Å². The number of pyridine rings is 1. The Morgan fingerprint density at radius 1 is 1.08 bits per heavy atom. The summed E-state index contributed by atoms with van der Waals surface area (Å²) in [5.41, 5.74) is -4.03. The van der Waals surface area contributed by atoms with Gasteiger partial charge in [0.2, 0.25) is 0 Å². The van der Waals surface area contributed by atoms with Crippen LogP contribution in [0.5, 0.6) is 5.75 Å². The Kier molecular flexibility index (Phi) is 10.2. The third kappa shape index (κ3) is 7.12. The van der Waals surface area contributed by atoms with Gasteiger partial charge in [0.25, 0.3) is 11.5 Å². The van der Waals surface area contributed by atoms with Crippen molar-refractivity contribution in [2.75, 3.05) is 31.3 Å². The number of halogens is 8. The lowest BCUT2D eigenvalue weighted by Crippen LogP contribution is -2.53. The molecular formula is C32H30F8N4O6. The van der Waals surface area contributed by atoms with E-state index >= 15 is 8.78 Å². The number of anilines is 1. The zero-order valence-corrected chi connectivity index (χ0v) is 26.4. The second kappa shape index (κ2) is 13.9. The number of fused-ring (bicyclic) bond motifs is 1. The average Bonchev–Trinajstić information content (AvgIpc) is 3.05. The van der Waals surface area contributed by atoms with Gasteiger partial charge in [-0.1, -0.05) is 12.1 Å². The van der Waals surface area contributed by atoms with Crippen LogP contribution in [0, 0.1) is 18.6 Å². The molecule has 0 spiro atoms. The van der Waals surface area contributed by atoms with Crippen molar-refractivity contribution in [3.8, 4) is 16.9 Å². The van der Waals surface area contributed by atoms with Crippen LogP contribution in [0.25, 0.3) is 11.1 Å². The first-order valence-corrected chi connectivity index (χ1v) is 15.1. The normalized spacial score (nSPS) is 17.1. The Bertz CT molecular complexity index is 1850. The molecule has 3 N–H and O–H groups in total. The highest BCUT2D eigenvalue weighted by Crippen LogP contribution is 2.43. The van der Waals surface area contributed by atoms with E-state index in [1.54, 1.807) is 0 Å². The number of ether oxygens (including phenoxy) is 2. The van der Waals surface area contributed by atoms with E-state index in [9.17, 15) is 40.7 Å². The van der Waals surface area contributed by atoms with Gasteiger partial charge in [0, 0.05) is 37.0 Å². The first-order chi connectivity index (χ1) is 23.4. The van der Waals surface area contributed by atoms with Crippen molar-refractivity contribution in [2.45, 2.75) is 50.6 Å². The summed E-state index contributed by atoms with van der Waals surface area (Å²) in [5.74, 6) is -0.788. The molecule has 0 unspecified atom stereocenters. The molecule has 1 saturated heterocycles. The third-order valence-electron chi connectivity index (χ3n) is 8.64. The molecular weight excluding hydrogens is 688 g/mol. The van der Waals surface area contributed by atoms with Gasteiger partial charge in [0.05, 0.1) is 30.9 Å². The van der Waals surface area contributed by atoms with Crippen LogP contribution >= 0.6 is 0 Å².